The molecule has 1 saturated carbocycles. The lowest BCUT2D eigenvalue weighted by Gasteiger charge is -2.35. The smallest absolute Gasteiger partial charge is 0.410 e. The number of carbonyl (C=O) groups excluding carboxylic acids is 1. The molecule has 4 rings (SSSR count). The van der Waals surface area contributed by atoms with Gasteiger partial charge in [-0.05, 0) is 64.0 Å². The van der Waals surface area contributed by atoms with Crippen LogP contribution in [0.3, 0.4) is 0 Å². The van der Waals surface area contributed by atoms with Crippen molar-refractivity contribution in [2.75, 3.05) is 44.6 Å². The molecule has 0 aromatic carbocycles. The number of thiocarbonyl (C=S) groups is 1. The minimum Gasteiger partial charge on any atom is -0.444 e. The third kappa shape index (κ3) is 8.59. The molecule has 1 aliphatic heterocycles. The topological polar surface area (TPSA) is 121 Å². The second-order valence-corrected chi connectivity index (χ2v) is 11.4. The number of amides is 1. The summed E-state index contributed by atoms with van der Waals surface area (Å²) in [4.78, 5) is 30.2. The van der Waals surface area contributed by atoms with E-state index in [0.717, 1.165) is 54.6 Å². The van der Waals surface area contributed by atoms with Gasteiger partial charge in [0.2, 0.25) is 0 Å². The zero-order valence-corrected chi connectivity index (χ0v) is 24.0. The Morgan fingerprint density at radius 2 is 1.95 bits per heavy atom. The Balaban J connectivity index is 1.28. The summed E-state index contributed by atoms with van der Waals surface area (Å²) in [5, 5.41) is 7.17. The van der Waals surface area contributed by atoms with Crippen molar-refractivity contribution >= 4 is 52.1 Å². The maximum absolute atomic E-state index is 12.3. The van der Waals surface area contributed by atoms with E-state index >= 15 is 0 Å². The van der Waals surface area contributed by atoms with Crippen LogP contribution in [0.5, 0.6) is 0 Å². The largest absolute Gasteiger partial charge is 0.444 e. The highest BCUT2D eigenvalue weighted by Crippen LogP contribution is 2.20. The van der Waals surface area contributed by atoms with Crippen LogP contribution in [-0.4, -0.2) is 88.1 Å². The van der Waals surface area contributed by atoms with Crippen molar-refractivity contribution in [3.8, 4) is 0 Å². The second-order valence-electron chi connectivity index (χ2n) is 11.0. The molecular weight excluding hydrogens is 512 g/mol. The number of fused-ring (bicyclic) bond motifs is 1. The monoisotopic (exact) mass is 552 g/mol. The fraction of sp³-hybridized carbons (Fsp3) is 0.536. The highest BCUT2D eigenvalue weighted by Gasteiger charge is 2.25. The van der Waals surface area contributed by atoms with E-state index < -0.39 is 5.60 Å². The molecule has 3 heterocycles. The summed E-state index contributed by atoms with van der Waals surface area (Å²) in [5.74, 6) is 0.677. The Morgan fingerprint density at radius 1 is 1.21 bits per heavy atom. The average Bonchev–Trinajstić information content (AvgIpc) is 3.40. The summed E-state index contributed by atoms with van der Waals surface area (Å²) in [6.07, 6.45) is 9.65. The average molecular weight is 553 g/mol. The van der Waals surface area contributed by atoms with Gasteiger partial charge >= 0.3 is 6.09 Å². The standard InChI is InChI=1S/C28H40N8O2S/c1-28(2,3)38-27(37)36-14-12-35(13-15-36)11-10-30-18-21(17-29)20-16-24-23(31-19-20)8-9-25(33-24)34-26(39)32-22-6-4-5-7-22/h8-9,16-19,22H,4-7,10-15,29H2,1-3H3,(H2,32,33,34,39). The lowest BCUT2D eigenvalue weighted by atomic mass is 10.1. The summed E-state index contributed by atoms with van der Waals surface area (Å²) in [7, 11) is 0. The molecular formula is C28H40N8O2S. The third-order valence-corrected chi connectivity index (χ3v) is 7.00. The number of aliphatic imine (C=N–C) groups is 1. The van der Waals surface area contributed by atoms with Gasteiger partial charge in [0.25, 0.3) is 0 Å². The first-order chi connectivity index (χ1) is 18.7. The number of hydrogen-bond acceptors (Lipinski definition) is 8. The van der Waals surface area contributed by atoms with Crippen molar-refractivity contribution in [2.24, 2.45) is 10.7 Å². The van der Waals surface area contributed by atoms with Crippen LogP contribution in [0.1, 0.15) is 52.0 Å². The molecule has 0 bridgehead atoms. The number of rotatable bonds is 7. The lowest BCUT2D eigenvalue weighted by molar-refractivity contribution is 0.0148. The van der Waals surface area contributed by atoms with Crippen LogP contribution in [0.4, 0.5) is 10.6 Å². The summed E-state index contributed by atoms with van der Waals surface area (Å²) < 4.78 is 5.47. The SMILES string of the molecule is CC(C)(C)OC(=O)N1CCN(CCN=CC(=CN)c2cnc3ccc(NC(=S)NC4CCCC4)nc3c2)CC1. The van der Waals surface area contributed by atoms with E-state index in [4.69, 9.17) is 27.7 Å². The van der Waals surface area contributed by atoms with Crippen LogP contribution < -0.4 is 16.4 Å². The summed E-state index contributed by atoms with van der Waals surface area (Å²) in [6.45, 7) is 9.98. The van der Waals surface area contributed by atoms with Gasteiger partial charge < -0.3 is 26.0 Å². The number of allylic oxidation sites excluding steroid dienone is 1. The Bertz CT molecular complexity index is 1210. The predicted molar refractivity (Wildman–Crippen MR) is 161 cm³/mol. The fourth-order valence-electron chi connectivity index (χ4n) is 4.70. The molecule has 0 unspecified atom stereocenters. The van der Waals surface area contributed by atoms with Gasteiger partial charge in [0.15, 0.2) is 5.11 Å². The second kappa shape index (κ2) is 13.2. The summed E-state index contributed by atoms with van der Waals surface area (Å²) in [6, 6.07) is 6.21. The van der Waals surface area contributed by atoms with Crippen LogP contribution >= 0.6 is 12.2 Å². The zero-order valence-electron chi connectivity index (χ0n) is 23.2. The van der Waals surface area contributed by atoms with Gasteiger partial charge in [0.05, 0.1) is 17.6 Å². The predicted octanol–water partition coefficient (Wildman–Crippen LogP) is 3.78. The Kier molecular flexibility index (Phi) is 9.68. The molecule has 1 saturated heterocycles. The highest BCUT2D eigenvalue weighted by atomic mass is 32.1. The van der Waals surface area contributed by atoms with Crippen molar-refractivity contribution in [2.45, 2.75) is 58.1 Å². The number of piperazine rings is 1. The zero-order chi connectivity index (χ0) is 27.8. The van der Waals surface area contributed by atoms with Gasteiger partial charge in [-0.15, -0.1) is 0 Å². The lowest BCUT2D eigenvalue weighted by Crippen LogP contribution is -2.50. The van der Waals surface area contributed by atoms with Gasteiger partial charge in [0.1, 0.15) is 11.4 Å². The minimum absolute atomic E-state index is 0.247. The number of ether oxygens (including phenoxy) is 1. The molecule has 2 aromatic rings. The van der Waals surface area contributed by atoms with Crippen molar-refractivity contribution in [3.63, 3.8) is 0 Å². The van der Waals surface area contributed by atoms with Crippen LogP contribution in [0.25, 0.3) is 16.6 Å². The fourth-order valence-corrected chi connectivity index (χ4v) is 4.97. The number of pyridine rings is 2. The normalized spacial score (nSPS) is 17.6. The van der Waals surface area contributed by atoms with Gasteiger partial charge in [-0.25, -0.2) is 9.78 Å². The third-order valence-electron chi connectivity index (χ3n) is 6.78. The van der Waals surface area contributed by atoms with Crippen molar-refractivity contribution in [3.05, 3.63) is 36.2 Å². The Morgan fingerprint density at radius 3 is 2.64 bits per heavy atom. The Labute approximate surface area is 236 Å². The van der Waals surface area contributed by atoms with Crippen LogP contribution in [-0.2, 0) is 4.74 Å². The molecule has 210 valence electrons. The van der Waals surface area contributed by atoms with Gasteiger partial charge in [0, 0.05) is 68.5 Å². The van der Waals surface area contributed by atoms with E-state index in [9.17, 15) is 4.79 Å². The number of hydrogen-bond donors (Lipinski definition) is 3. The maximum atomic E-state index is 12.3. The number of nitrogens with zero attached hydrogens (tertiary/aromatic N) is 5. The molecule has 2 aromatic heterocycles. The van der Waals surface area contributed by atoms with E-state index in [1.165, 1.54) is 19.0 Å². The quantitative estimate of drug-likeness (QED) is 0.348. The highest BCUT2D eigenvalue weighted by molar-refractivity contribution is 7.80. The van der Waals surface area contributed by atoms with E-state index in [2.05, 4.69) is 25.5 Å². The molecule has 0 atom stereocenters. The van der Waals surface area contributed by atoms with E-state index in [-0.39, 0.29) is 6.09 Å². The molecule has 1 amide bonds. The van der Waals surface area contributed by atoms with Gasteiger partial charge in [-0.2, -0.15) is 0 Å². The molecule has 2 fully saturated rings. The Hall–Kier alpha value is -3.31. The molecule has 2 aliphatic rings. The first-order valence-corrected chi connectivity index (χ1v) is 14.1. The van der Waals surface area contributed by atoms with Gasteiger partial charge in [-0.1, -0.05) is 12.8 Å². The minimum atomic E-state index is -0.480. The van der Waals surface area contributed by atoms with Crippen molar-refractivity contribution < 1.29 is 9.53 Å². The van der Waals surface area contributed by atoms with E-state index in [1.54, 1.807) is 17.3 Å². The summed E-state index contributed by atoms with van der Waals surface area (Å²) >= 11 is 5.48. The maximum Gasteiger partial charge on any atom is 0.410 e. The van der Waals surface area contributed by atoms with E-state index in [1.807, 2.05) is 39.0 Å². The molecule has 0 radical (unpaired) electrons. The number of carbonyl (C=O) groups is 1. The molecule has 0 spiro atoms. The van der Waals surface area contributed by atoms with Crippen molar-refractivity contribution in [1.82, 2.24) is 25.1 Å². The molecule has 1 aliphatic carbocycles. The molecule has 39 heavy (non-hydrogen) atoms. The molecule has 4 N–H and O–H groups in total. The van der Waals surface area contributed by atoms with Crippen molar-refractivity contribution in [1.29, 1.82) is 0 Å². The first-order valence-electron chi connectivity index (χ1n) is 13.7. The molecule has 10 nitrogen and oxygen atoms in total. The number of nitrogens with two attached hydrogens (primary N) is 1. The van der Waals surface area contributed by atoms with Crippen LogP contribution in [0.15, 0.2) is 35.6 Å². The number of aromatic nitrogens is 2. The first kappa shape index (κ1) is 28.7. The van der Waals surface area contributed by atoms with Crippen LogP contribution in [0.2, 0.25) is 0 Å². The van der Waals surface area contributed by atoms with E-state index in [0.29, 0.717) is 36.6 Å². The molecule has 11 heteroatoms. The number of anilines is 1. The number of nitrogens with one attached hydrogen (secondary N) is 2. The van der Waals surface area contributed by atoms with Gasteiger partial charge in [-0.3, -0.25) is 14.9 Å². The van der Waals surface area contributed by atoms with Crippen LogP contribution in [0, 0.1) is 0 Å². The summed E-state index contributed by atoms with van der Waals surface area (Å²) in [5.41, 5.74) is 8.61.